The number of hydrogen-bond donors (Lipinski definition) is 1. The van der Waals surface area contributed by atoms with Crippen LogP contribution in [0.2, 0.25) is 0 Å². The molecule has 4 heteroatoms. The number of benzene rings is 2. The first-order valence-electron chi connectivity index (χ1n) is 7.05. The lowest BCUT2D eigenvalue weighted by Crippen LogP contribution is -2.18. The van der Waals surface area contributed by atoms with Crippen LogP contribution < -0.4 is 5.73 Å². The molecule has 1 unspecified atom stereocenters. The molecule has 2 N–H and O–H groups in total. The molecule has 0 aliphatic rings. The number of imidazole rings is 1. The fourth-order valence-electron chi connectivity index (χ4n) is 2.76. The smallest absolute Gasteiger partial charge is 0.123 e. The van der Waals surface area contributed by atoms with Gasteiger partial charge in [0.1, 0.15) is 11.6 Å². The van der Waals surface area contributed by atoms with Crippen molar-refractivity contribution in [1.82, 2.24) is 9.55 Å². The number of nitrogens with two attached hydrogens (primary N) is 1. The summed E-state index contributed by atoms with van der Waals surface area (Å²) in [6, 6.07) is 14.7. The Balaban J connectivity index is 1.96. The second kappa shape index (κ2) is 5.66. The summed E-state index contributed by atoms with van der Waals surface area (Å²) in [6.07, 6.45) is 0.686. The highest BCUT2D eigenvalue weighted by Gasteiger charge is 2.18. The normalized spacial score (nSPS) is 12.7. The third-order valence-electron chi connectivity index (χ3n) is 3.84. The number of para-hydroxylation sites is 2. The average Bonchev–Trinajstić information content (AvgIpc) is 2.82. The van der Waals surface area contributed by atoms with Crippen molar-refractivity contribution in [2.75, 3.05) is 6.54 Å². The molecule has 0 radical (unpaired) electrons. The summed E-state index contributed by atoms with van der Waals surface area (Å²) in [4.78, 5) is 4.69. The van der Waals surface area contributed by atoms with Crippen molar-refractivity contribution in [1.29, 1.82) is 0 Å². The molecule has 3 nitrogen and oxygen atoms in total. The van der Waals surface area contributed by atoms with Gasteiger partial charge in [-0.05, 0) is 36.2 Å². The first-order valence-corrected chi connectivity index (χ1v) is 7.05. The van der Waals surface area contributed by atoms with Crippen LogP contribution in [0.5, 0.6) is 0 Å². The van der Waals surface area contributed by atoms with Crippen LogP contribution in [0.15, 0.2) is 48.5 Å². The largest absolute Gasteiger partial charge is 0.331 e. The standard InChI is InChI=1S/C17H18FN3/c1-21-16-8-3-2-7-15(16)20-17(21)13(11-19)9-12-5-4-6-14(18)10-12/h2-8,10,13H,9,11,19H2,1H3. The molecule has 108 valence electrons. The topological polar surface area (TPSA) is 43.8 Å². The van der Waals surface area contributed by atoms with Crippen LogP contribution in [-0.4, -0.2) is 16.1 Å². The Morgan fingerprint density at radius 2 is 2.00 bits per heavy atom. The van der Waals surface area contributed by atoms with Crippen LogP contribution >= 0.6 is 0 Å². The van der Waals surface area contributed by atoms with Crippen molar-refractivity contribution in [2.45, 2.75) is 12.3 Å². The molecule has 3 rings (SSSR count). The molecule has 2 aromatic carbocycles. The molecule has 21 heavy (non-hydrogen) atoms. The Morgan fingerprint density at radius 1 is 1.19 bits per heavy atom. The lowest BCUT2D eigenvalue weighted by atomic mass is 9.98. The highest BCUT2D eigenvalue weighted by atomic mass is 19.1. The molecule has 0 amide bonds. The zero-order valence-corrected chi connectivity index (χ0v) is 12.0. The number of rotatable bonds is 4. The molecule has 0 saturated heterocycles. The van der Waals surface area contributed by atoms with Crippen molar-refractivity contribution in [3.05, 3.63) is 65.7 Å². The van der Waals surface area contributed by atoms with Gasteiger partial charge in [-0.15, -0.1) is 0 Å². The predicted molar refractivity (Wildman–Crippen MR) is 82.6 cm³/mol. The molecule has 1 aromatic heterocycles. The van der Waals surface area contributed by atoms with E-state index in [4.69, 9.17) is 10.7 Å². The molecule has 0 saturated carbocycles. The molecule has 0 fully saturated rings. The Morgan fingerprint density at radius 3 is 2.71 bits per heavy atom. The minimum absolute atomic E-state index is 0.0733. The molecule has 1 atom stereocenters. The average molecular weight is 283 g/mol. The van der Waals surface area contributed by atoms with E-state index in [-0.39, 0.29) is 11.7 Å². The molecule has 0 aliphatic heterocycles. The summed E-state index contributed by atoms with van der Waals surface area (Å²) in [6.45, 7) is 0.480. The monoisotopic (exact) mass is 283 g/mol. The highest BCUT2D eigenvalue weighted by Crippen LogP contribution is 2.23. The van der Waals surface area contributed by atoms with Gasteiger partial charge in [-0.1, -0.05) is 24.3 Å². The Kier molecular flexibility index (Phi) is 3.71. The maximum absolute atomic E-state index is 13.3. The van der Waals surface area contributed by atoms with E-state index in [0.29, 0.717) is 13.0 Å². The second-order valence-corrected chi connectivity index (χ2v) is 5.28. The van der Waals surface area contributed by atoms with Crippen LogP contribution in [0.3, 0.4) is 0 Å². The van der Waals surface area contributed by atoms with Gasteiger partial charge in [0, 0.05) is 19.5 Å². The van der Waals surface area contributed by atoms with E-state index in [1.165, 1.54) is 6.07 Å². The zero-order chi connectivity index (χ0) is 14.8. The van der Waals surface area contributed by atoms with Crippen molar-refractivity contribution in [3.8, 4) is 0 Å². The fraction of sp³-hybridized carbons (Fsp3) is 0.235. The number of aromatic nitrogens is 2. The first kappa shape index (κ1) is 13.8. The van der Waals surface area contributed by atoms with E-state index in [1.807, 2.05) is 37.4 Å². The van der Waals surface area contributed by atoms with Gasteiger partial charge in [0.15, 0.2) is 0 Å². The summed E-state index contributed by atoms with van der Waals surface area (Å²) < 4.78 is 15.4. The summed E-state index contributed by atoms with van der Waals surface area (Å²) in [5, 5.41) is 0. The second-order valence-electron chi connectivity index (χ2n) is 5.28. The van der Waals surface area contributed by atoms with Crippen LogP contribution in [-0.2, 0) is 13.5 Å². The van der Waals surface area contributed by atoms with E-state index in [9.17, 15) is 4.39 Å². The lowest BCUT2D eigenvalue weighted by molar-refractivity contribution is 0.606. The van der Waals surface area contributed by atoms with Crippen molar-refractivity contribution >= 4 is 11.0 Å². The predicted octanol–water partition coefficient (Wildman–Crippen LogP) is 3.00. The van der Waals surface area contributed by atoms with Crippen LogP contribution in [0.4, 0.5) is 4.39 Å². The van der Waals surface area contributed by atoms with Gasteiger partial charge in [0.25, 0.3) is 0 Å². The Bertz CT molecular complexity index is 764. The van der Waals surface area contributed by atoms with Crippen LogP contribution in [0.1, 0.15) is 17.3 Å². The summed E-state index contributed by atoms with van der Waals surface area (Å²) in [5.74, 6) is 0.806. The summed E-state index contributed by atoms with van der Waals surface area (Å²) >= 11 is 0. The van der Waals surface area contributed by atoms with E-state index < -0.39 is 0 Å². The van der Waals surface area contributed by atoms with E-state index >= 15 is 0 Å². The quantitative estimate of drug-likeness (QED) is 0.800. The highest BCUT2D eigenvalue weighted by molar-refractivity contribution is 5.75. The van der Waals surface area contributed by atoms with Gasteiger partial charge in [-0.3, -0.25) is 0 Å². The van der Waals surface area contributed by atoms with Gasteiger partial charge < -0.3 is 10.3 Å². The first-order chi connectivity index (χ1) is 10.2. The molecular weight excluding hydrogens is 265 g/mol. The Labute approximate surface area is 123 Å². The number of nitrogens with zero attached hydrogens (tertiary/aromatic N) is 2. The summed E-state index contributed by atoms with van der Waals surface area (Å²) in [5.41, 5.74) is 8.93. The number of fused-ring (bicyclic) bond motifs is 1. The van der Waals surface area contributed by atoms with Crippen molar-refractivity contribution in [2.24, 2.45) is 12.8 Å². The third kappa shape index (κ3) is 2.67. The molecule has 0 bridgehead atoms. The molecule has 1 heterocycles. The van der Waals surface area contributed by atoms with Gasteiger partial charge in [0.2, 0.25) is 0 Å². The number of hydrogen-bond acceptors (Lipinski definition) is 2. The molecular formula is C17H18FN3. The SMILES string of the molecule is Cn1c(C(CN)Cc2cccc(F)c2)nc2ccccc21. The molecule has 3 aromatic rings. The number of halogens is 1. The Hall–Kier alpha value is -2.20. The minimum atomic E-state index is -0.215. The van der Waals surface area contributed by atoms with Gasteiger partial charge in [0.05, 0.1) is 11.0 Å². The van der Waals surface area contributed by atoms with E-state index in [1.54, 1.807) is 12.1 Å². The van der Waals surface area contributed by atoms with Crippen molar-refractivity contribution in [3.63, 3.8) is 0 Å². The minimum Gasteiger partial charge on any atom is -0.331 e. The van der Waals surface area contributed by atoms with Crippen LogP contribution in [0, 0.1) is 5.82 Å². The lowest BCUT2D eigenvalue weighted by Gasteiger charge is -2.15. The zero-order valence-electron chi connectivity index (χ0n) is 12.0. The fourth-order valence-corrected chi connectivity index (χ4v) is 2.76. The molecule has 0 aliphatic carbocycles. The molecule has 0 spiro atoms. The summed E-state index contributed by atoms with van der Waals surface area (Å²) in [7, 11) is 2.00. The van der Waals surface area contributed by atoms with E-state index in [0.717, 1.165) is 22.4 Å². The maximum atomic E-state index is 13.3. The van der Waals surface area contributed by atoms with Crippen LogP contribution in [0.25, 0.3) is 11.0 Å². The van der Waals surface area contributed by atoms with Crippen molar-refractivity contribution < 1.29 is 4.39 Å². The maximum Gasteiger partial charge on any atom is 0.123 e. The number of aryl methyl sites for hydroxylation is 1. The van der Waals surface area contributed by atoms with E-state index in [2.05, 4.69) is 4.57 Å². The van der Waals surface area contributed by atoms with Gasteiger partial charge in [-0.25, -0.2) is 9.37 Å². The third-order valence-corrected chi connectivity index (χ3v) is 3.84. The van der Waals surface area contributed by atoms with Gasteiger partial charge in [-0.2, -0.15) is 0 Å². The van der Waals surface area contributed by atoms with Gasteiger partial charge >= 0.3 is 0 Å².